The molecule has 0 saturated carbocycles. The molecule has 0 amide bonds. The third kappa shape index (κ3) is 3.91. The van der Waals surface area contributed by atoms with E-state index < -0.39 is 0 Å². The first-order chi connectivity index (χ1) is 7.13. The highest BCUT2D eigenvalue weighted by atomic mass is 79.9. The first-order valence-corrected chi connectivity index (χ1v) is 5.57. The van der Waals surface area contributed by atoms with Crippen molar-refractivity contribution >= 4 is 22.1 Å². The van der Waals surface area contributed by atoms with Crippen molar-refractivity contribution in [2.75, 3.05) is 0 Å². The van der Waals surface area contributed by atoms with Gasteiger partial charge in [0.15, 0.2) is 0 Å². The molecular weight excluding hydrogens is 254 g/mol. The molecule has 0 heterocycles. The van der Waals surface area contributed by atoms with Gasteiger partial charge >= 0.3 is 0 Å². The van der Waals surface area contributed by atoms with E-state index in [1.165, 1.54) is 5.57 Å². The van der Waals surface area contributed by atoms with E-state index >= 15 is 0 Å². The smallest absolute Gasteiger partial charge is 0.103 e. The molecule has 4 heteroatoms. The van der Waals surface area contributed by atoms with Crippen molar-refractivity contribution in [2.24, 2.45) is 10.1 Å². The molecule has 1 N–H and O–H groups in total. The normalized spacial score (nSPS) is 19.0. The van der Waals surface area contributed by atoms with Crippen LogP contribution in [0.4, 0.5) is 0 Å². The molecule has 0 fully saturated rings. The summed E-state index contributed by atoms with van der Waals surface area (Å²) in [6, 6.07) is -0.154. The average molecular weight is 268 g/mol. The summed E-state index contributed by atoms with van der Waals surface area (Å²) in [5.74, 6) is 0. The third-order valence-corrected chi connectivity index (χ3v) is 2.66. The summed E-state index contributed by atoms with van der Waals surface area (Å²) >= 11 is 3.43. The maximum Gasteiger partial charge on any atom is 0.103 e. The van der Waals surface area contributed by atoms with E-state index in [2.05, 4.69) is 39.0 Å². The Kier molecular flexibility index (Phi) is 4.62. The topological polar surface area (TPSA) is 48.6 Å². The second kappa shape index (κ2) is 5.75. The first kappa shape index (κ1) is 12.0. The second-order valence-corrected chi connectivity index (χ2v) is 4.36. The van der Waals surface area contributed by atoms with Crippen LogP contribution < -0.4 is 0 Å². The van der Waals surface area contributed by atoms with Crippen molar-refractivity contribution in [3.63, 3.8) is 0 Å². The number of halogens is 1. The van der Waals surface area contributed by atoms with Gasteiger partial charge in [0.2, 0.25) is 0 Å². The van der Waals surface area contributed by atoms with Gasteiger partial charge in [-0.15, -0.1) is 0 Å². The van der Waals surface area contributed by atoms with Crippen LogP contribution >= 0.6 is 15.9 Å². The molecule has 0 aromatic carbocycles. The van der Waals surface area contributed by atoms with Crippen LogP contribution in [0.15, 0.2) is 44.1 Å². The minimum Gasteiger partial charge on any atom is -0.259 e. The molecule has 3 nitrogen and oxygen atoms in total. The number of rotatable bonds is 3. The molecule has 0 aliphatic heterocycles. The SMILES string of the molecule is CC1=C(N=CC(C)N=N)C=CC(Br)=CC1. The van der Waals surface area contributed by atoms with Gasteiger partial charge in [0.1, 0.15) is 6.04 Å². The predicted molar refractivity (Wildman–Crippen MR) is 66.6 cm³/mol. The zero-order valence-electron chi connectivity index (χ0n) is 8.87. The van der Waals surface area contributed by atoms with Crippen molar-refractivity contribution in [3.05, 3.63) is 34.0 Å². The second-order valence-electron chi connectivity index (χ2n) is 3.44. The number of aliphatic imine (C=N–C) groups is 1. The Morgan fingerprint density at radius 2 is 2.27 bits per heavy atom. The van der Waals surface area contributed by atoms with Gasteiger partial charge in [-0.05, 0) is 38.0 Å². The highest BCUT2D eigenvalue weighted by Gasteiger charge is 2.01. The Morgan fingerprint density at radius 1 is 1.53 bits per heavy atom. The molecule has 1 atom stereocenters. The van der Waals surface area contributed by atoms with E-state index in [1.807, 2.05) is 19.1 Å². The van der Waals surface area contributed by atoms with Gasteiger partial charge in [0, 0.05) is 10.7 Å². The van der Waals surface area contributed by atoms with E-state index in [0.717, 1.165) is 16.6 Å². The summed E-state index contributed by atoms with van der Waals surface area (Å²) in [7, 11) is 0. The zero-order chi connectivity index (χ0) is 11.3. The van der Waals surface area contributed by atoms with Crippen LogP contribution in [0.1, 0.15) is 20.3 Å². The van der Waals surface area contributed by atoms with E-state index in [0.29, 0.717) is 0 Å². The molecule has 1 unspecified atom stereocenters. The standard InChI is InChI=1S/C11H14BrN3/c1-8-3-4-10(12)5-6-11(8)14-7-9(2)15-13/h4-7,9,13H,3H2,1-2H3. The van der Waals surface area contributed by atoms with Crippen molar-refractivity contribution in [3.8, 4) is 0 Å². The number of allylic oxidation sites excluding steroid dienone is 5. The summed E-state index contributed by atoms with van der Waals surface area (Å²) in [5.41, 5.74) is 9.00. The van der Waals surface area contributed by atoms with Crippen molar-refractivity contribution in [1.82, 2.24) is 0 Å². The molecule has 0 saturated heterocycles. The lowest BCUT2D eigenvalue weighted by Gasteiger charge is -2.00. The van der Waals surface area contributed by atoms with Gasteiger partial charge in [0.05, 0.1) is 5.70 Å². The van der Waals surface area contributed by atoms with E-state index in [4.69, 9.17) is 5.53 Å². The molecule has 0 aromatic heterocycles. The van der Waals surface area contributed by atoms with Crippen molar-refractivity contribution in [1.29, 1.82) is 5.53 Å². The van der Waals surface area contributed by atoms with Gasteiger partial charge in [-0.2, -0.15) is 5.11 Å². The van der Waals surface area contributed by atoms with Gasteiger partial charge in [-0.1, -0.05) is 22.0 Å². The lowest BCUT2D eigenvalue weighted by atomic mass is 10.2. The van der Waals surface area contributed by atoms with Crippen LogP contribution in [0, 0.1) is 5.53 Å². The Labute approximate surface area is 98.3 Å². The number of hydrogen-bond acceptors (Lipinski definition) is 3. The summed E-state index contributed by atoms with van der Waals surface area (Å²) in [6.07, 6.45) is 8.64. The van der Waals surface area contributed by atoms with Gasteiger partial charge in [0.25, 0.3) is 0 Å². The number of hydrogen-bond donors (Lipinski definition) is 1. The highest BCUT2D eigenvalue weighted by Crippen LogP contribution is 2.20. The van der Waals surface area contributed by atoms with E-state index in [1.54, 1.807) is 6.21 Å². The first-order valence-electron chi connectivity index (χ1n) is 4.77. The van der Waals surface area contributed by atoms with Crippen LogP contribution in [-0.4, -0.2) is 12.3 Å². The van der Waals surface area contributed by atoms with Crippen LogP contribution in [-0.2, 0) is 0 Å². The summed E-state index contributed by atoms with van der Waals surface area (Å²) in [5, 5.41) is 3.37. The summed E-state index contributed by atoms with van der Waals surface area (Å²) in [4.78, 5) is 4.33. The Balaban J connectivity index is 2.81. The molecule has 1 aliphatic rings. The van der Waals surface area contributed by atoms with E-state index in [9.17, 15) is 0 Å². The van der Waals surface area contributed by atoms with Crippen molar-refractivity contribution in [2.45, 2.75) is 26.3 Å². The Bertz CT molecular complexity index is 364. The molecule has 80 valence electrons. The minimum absolute atomic E-state index is 0.154. The zero-order valence-corrected chi connectivity index (χ0v) is 10.5. The van der Waals surface area contributed by atoms with Crippen LogP contribution in [0.2, 0.25) is 0 Å². The average Bonchev–Trinajstić information content (AvgIpc) is 2.39. The lowest BCUT2D eigenvalue weighted by Crippen LogP contribution is -1.97. The van der Waals surface area contributed by atoms with Crippen LogP contribution in [0.3, 0.4) is 0 Å². The Hall–Kier alpha value is -1.03. The monoisotopic (exact) mass is 267 g/mol. The van der Waals surface area contributed by atoms with Gasteiger partial charge < -0.3 is 0 Å². The Morgan fingerprint density at radius 3 is 2.93 bits per heavy atom. The van der Waals surface area contributed by atoms with Gasteiger partial charge in [-0.25, -0.2) is 5.53 Å². The highest BCUT2D eigenvalue weighted by molar-refractivity contribution is 9.11. The fourth-order valence-electron chi connectivity index (χ4n) is 1.10. The largest absolute Gasteiger partial charge is 0.259 e. The van der Waals surface area contributed by atoms with Crippen LogP contribution in [0.25, 0.3) is 0 Å². The fourth-order valence-corrected chi connectivity index (χ4v) is 1.39. The molecule has 1 rings (SSSR count). The molecule has 0 bridgehead atoms. The van der Waals surface area contributed by atoms with Crippen molar-refractivity contribution < 1.29 is 0 Å². The third-order valence-electron chi connectivity index (χ3n) is 2.07. The quantitative estimate of drug-likeness (QED) is 0.594. The minimum atomic E-state index is -0.154. The number of nitrogens with one attached hydrogen (secondary N) is 1. The lowest BCUT2D eigenvalue weighted by molar-refractivity contribution is 0.861. The summed E-state index contributed by atoms with van der Waals surface area (Å²) in [6.45, 7) is 3.89. The van der Waals surface area contributed by atoms with Crippen LogP contribution in [0.5, 0.6) is 0 Å². The molecule has 0 radical (unpaired) electrons. The predicted octanol–water partition coefficient (Wildman–Crippen LogP) is 3.99. The molecule has 0 spiro atoms. The van der Waals surface area contributed by atoms with Gasteiger partial charge in [-0.3, -0.25) is 4.99 Å². The van der Waals surface area contributed by atoms with E-state index in [-0.39, 0.29) is 6.04 Å². The number of nitrogens with zero attached hydrogens (tertiary/aromatic N) is 2. The maximum absolute atomic E-state index is 6.83. The molecule has 0 aromatic rings. The fraction of sp³-hybridized carbons (Fsp3) is 0.364. The molecule has 15 heavy (non-hydrogen) atoms. The molecular formula is C11H14BrN3. The summed E-state index contributed by atoms with van der Waals surface area (Å²) < 4.78 is 1.07. The molecule has 1 aliphatic carbocycles. The maximum atomic E-state index is 6.83.